The Bertz CT molecular complexity index is 844. The Labute approximate surface area is 172 Å². The Morgan fingerprint density at radius 2 is 1.76 bits per heavy atom. The van der Waals surface area contributed by atoms with Gasteiger partial charge in [-0.05, 0) is 55.5 Å². The zero-order chi connectivity index (χ0) is 20.8. The molecule has 0 aliphatic heterocycles. The molecule has 2 aromatic carbocycles. The normalized spacial score (nSPS) is 15.1. The summed E-state index contributed by atoms with van der Waals surface area (Å²) in [5, 5.41) is 3.10. The molecule has 3 rings (SSSR count). The van der Waals surface area contributed by atoms with Gasteiger partial charge in [0, 0.05) is 12.6 Å². The Hall–Kier alpha value is -2.69. The number of nitrogens with one attached hydrogen (secondary N) is 1. The van der Waals surface area contributed by atoms with Crippen molar-refractivity contribution >= 4 is 11.8 Å². The Morgan fingerprint density at radius 3 is 2.41 bits per heavy atom. The van der Waals surface area contributed by atoms with E-state index in [1.165, 1.54) is 12.1 Å². The first kappa shape index (κ1) is 21.0. The summed E-state index contributed by atoms with van der Waals surface area (Å²) in [5.41, 5.74) is 2.82. The molecule has 0 spiro atoms. The molecule has 0 aromatic heterocycles. The third kappa shape index (κ3) is 5.66. The lowest BCUT2D eigenvalue weighted by atomic mass is 10.1. The minimum Gasteiger partial charge on any atom is -0.352 e. The molecule has 1 atom stereocenters. The largest absolute Gasteiger partial charge is 0.352 e. The van der Waals surface area contributed by atoms with E-state index in [1.54, 1.807) is 24.0 Å². The van der Waals surface area contributed by atoms with Gasteiger partial charge in [0.05, 0.1) is 6.42 Å². The van der Waals surface area contributed by atoms with E-state index in [4.69, 9.17) is 0 Å². The van der Waals surface area contributed by atoms with Gasteiger partial charge in [0.15, 0.2) is 0 Å². The number of hydrogen-bond acceptors (Lipinski definition) is 2. The van der Waals surface area contributed by atoms with E-state index in [0.717, 1.165) is 42.4 Å². The fourth-order valence-corrected chi connectivity index (χ4v) is 3.82. The molecule has 0 saturated heterocycles. The predicted molar refractivity (Wildman–Crippen MR) is 112 cm³/mol. The molecule has 2 amide bonds. The summed E-state index contributed by atoms with van der Waals surface area (Å²) < 4.78 is 13.2. The molecule has 1 N–H and O–H groups in total. The minimum absolute atomic E-state index is 0.113. The second kappa shape index (κ2) is 9.68. The second-order valence-corrected chi connectivity index (χ2v) is 7.92. The molecule has 0 bridgehead atoms. The lowest BCUT2D eigenvalue weighted by molar-refractivity contribution is -0.140. The van der Waals surface area contributed by atoms with Crippen LogP contribution in [-0.4, -0.2) is 28.8 Å². The van der Waals surface area contributed by atoms with E-state index in [2.05, 4.69) is 5.32 Å². The van der Waals surface area contributed by atoms with Crippen molar-refractivity contribution in [3.05, 3.63) is 71.0 Å². The quantitative estimate of drug-likeness (QED) is 0.764. The van der Waals surface area contributed by atoms with Crippen molar-refractivity contribution < 1.29 is 14.0 Å². The van der Waals surface area contributed by atoms with Crippen LogP contribution in [0.25, 0.3) is 0 Å². The lowest BCUT2D eigenvalue weighted by Crippen LogP contribution is -2.50. The van der Waals surface area contributed by atoms with Crippen molar-refractivity contribution in [3.8, 4) is 0 Å². The van der Waals surface area contributed by atoms with Crippen molar-refractivity contribution in [2.24, 2.45) is 0 Å². The van der Waals surface area contributed by atoms with Crippen LogP contribution < -0.4 is 5.32 Å². The second-order valence-electron chi connectivity index (χ2n) is 7.92. The summed E-state index contributed by atoms with van der Waals surface area (Å²) >= 11 is 0. The van der Waals surface area contributed by atoms with Crippen LogP contribution >= 0.6 is 0 Å². The summed E-state index contributed by atoms with van der Waals surface area (Å²) in [6.45, 7) is 4.15. The Kier molecular flexibility index (Phi) is 7.02. The number of carbonyl (C=O) groups excluding carboxylic acids is 2. The average molecular weight is 397 g/mol. The molecule has 0 radical (unpaired) electrons. The van der Waals surface area contributed by atoms with Gasteiger partial charge >= 0.3 is 0 Å². The molecule has 1 fully saturated rings. The Balaban J connectivity index is 1.77. The maximum atomic E-state index is 13.2. The van der Waals surface area contributed by atoms with E-state index in [0.29, 0.717) is 6.54 Å². The molecular weight excluding hydrogens is 367 g/mol. The van der Waals surface area contributed by atoms with Crippen LogP contribution in [0.4, 0.5) is 4.39 Å². The summed E-state index contributed by atoms with van der Waals surface area (Å²) in [4.78, 5) is 27.6. The first-order valence-electron chi connectivity index (χ1n) is 10.3. The number of carbonyl (C=O) groups is 2. The topological polar surface area (TPSA) is 49.4 Å². The zero-order valence-electron chi connectivity index (χ0n) is 17.2. The summed E-state index contributed by atoms with van der Waals surface area (Å²) in [5.74, 6) is -0.589. The third-order valence-electron chi connectivity index (χ3n) is 5.74. The summed E-state index contributed by atoms with van der Waals surface area (Å²) in [6.07, 6.45) is 4.40. The highest BCUT2D eigenvalue weighted by molar-refractivity contribution is 5.88. The fraction of sp³-hybridized carbons (Fsp3) is 0.417. The maximum Gasteiger partial charge on any atom is 0.242 e. The van der Waals surface area contributed by atoms with Crippen LogP contribution in [0, 0.1) is 12.7 Å². The number of amides is 2. The molecule has 1 saturated carbocycles. The number of aryl methyl sites for hydroxylation is 1. The molecule has 0 heterocycles. The highest BCUT2D eigenvalue weighted by Crippen LogP contribution is 2.19. The fourth-order valence-electron chi connectivity index (χ4n) is 3.82. The smallest absolute Gasteiger partial charge is 0.242 e. The molecule has 1 aliphatic rings. The van der Waals surface area contributed by atoms with E-state index in [-0.39, 0.29) is 30.1 Å². The van der Waals surface area contributed by atoms with Crippen LogP contribution in [0.1, 0.15) is 49.3 Å². The van der Waals surface area contributed by atoms with Gasteiger partial charge in [0.1, 0.15) is 11.9 Å². The van der Waals surface area contributed by atoms with Gasteiger partial charge in [-0.25, -0.2) is 4.39 Å². The average Bonchev–Trinajstić information content (AvgIpc) is 3.21. The minimum atomic E-state index is -0.580. The molecular formula is C24H29FN2O2. The molecule has 5 heteroatoms. The van der Waals surface area contributed by atoms with Gasteiger partial charge in [0.2, 0.25) is 11.8 Å². The lowest BCUT2D eigenvalue weighted by Gasteiger charge is -2.30. The van der Waals surface area contributed by atoms with Gasteiger partial charge in [-0.3, -0.25) is 9.59 Å². The van der Waals surface area contributed by atoms with Crippen LogP contribution in [0.5, 0.6) is 0 Å². The third-order valence-corrected chi connectivity index (χ3v) is 5.74. The highest BCUT2D eigenvalue weighted by Gasteiger charge is 2.28. The first-order chi connectivity index (χ1) is 13.9. The SMILES string of the molecule is Cc1ccccc1CN(C(=O)Cc1ccc(F)cc1)[C@H](C)C(=O)NC1CCCC1. The number of rotatable bonds is 7. The van der Waals surface area contributed by atoms with E-state index < -0.39 is 6.04 Å². The molecule has 2 aromatic rings. The Morgan fingerprint density at radius 1 is 1.10 bits per heavy atom. The molecule has 4 nitrogen and oxygen atoms in total. The first-order valence-corrected chi connectivity index (χ1v) is 10.3. The number of halogens is 1. The predicted octanol–water partition coefficient (Wildman–Crippen LogP) is 4.15. The van der Waals surface area contributed by atoms with Crippen LogP contribution in [0.15, 0.2) is 48.5 Å². The number of benzene rings is 2. The maximum absolute atomic E-state index is 13.2. The van der Waals surface area contributed by atoms with Gasteiger partial charge in [-0.1, -0.05) is 49.2 Å². The van der Waals surface area contributed by atoms with E-state index in [9.17, 15) is 14.0 Å². The molecule has 154 valence electrons. The standard InChI is InChI=1S/C24H29FN2O2/c1-17-7-3-4-8-20(17)16-27(18(2)24(29)26-22-9-5-6-10-22)23(28)15-19-11-13-21(25)14-12-19/h3-4,7-8,11-14,18,22H,5-6,9-10,15-16H2,1-2H3,(H,26,29)/t18-/m1/s1. The van der Waals surface area contributed by atoms with Crippen molar-refractivity contribution in [1.29, 1.82) is 0 Å². The summed E-state index contributed by atoms with van der Waals surface area (Å²) in [7, 11) is 0. The van der Waals surface area contributed by atoms with Gasteiger partial charge in [-0.2, -0.15) is 0 Å². The van der Waals surface area contributed by atoms with Gasteiger partial charge < -0.3 is 10.2 Å². The number of hydrogen-bond donors (Lipinski definition) is 1. The monoisotopic (exact) mass is 396 g/mol. The van der Waals surface area contributed by atoms with Crippen LogP contribution in [0.3, 0.4) is 0 Å². The molecule has 1 aliphatic carbocycles. The van der Waals surface area contributed by atoms with Gasteiger partial charge in [0.25, 0.3) is 0 Å². The molecule has 29 heavy (non-hydrogen) atoms. The van der Waals surface area contributed by atoms with Crippen molar-refractivity contribution in [2.45, 2.75) is 64.6 Å². The van der Waals surface area contributed by atoms with Crippen LogP contribution in [0.2, 0.25) is 0 Å². The summed E-state index contributed by atoms with van der Waals surface area (Å²) in [6, 6.07) is 13.4. The van der Waals surface area contributed by atoms with Crippen molar-refractivity contribution in [3.63, 3.8) is 0 Å². The molecule has 0 unspecified atom stereocenters. The van der Waals surface area contributed by atoms with E-state index in [1.807, 2.05) is 31.2 Å². The van der Waals surface area contributed by atoms with Crippen molar-refractivity contribution in [1.82, 2.24) is 10.2 Å². The number of nitrogens with zero attached hydrogens (tertiary/aromatic N) is 1. The van der Waals surface area contributed by atoms with Gasteiger partial charge in [-0.15, -0.1) is 0 Å². The highest BCUT2D eigenvalue weighted by atomic mass is 19.1. The van der Waals surface area contributed by atoms with Crippen LogP contribution in [-0.2, 0) is 22.6 Å². The van der Waals surface area contributed by atoms with Crippen molar-refractivity contribution in [2.75, 3.05) is 0 Å². The zero-order valence-corrected chi connectivity index (χ0v) is 17.2. The van der Waals surface area contributed by atoms with E-state index >= 15 is 0 Å².